The predicted octanol–water partition coefficient (Wildman–Crippen LogP) is 2.67. The molecular weight excluding hydrogens is 219 g/mol. The highest BCUT2D eigenvalue weighted by molar-refractivity contribution is 5.33. The zero-order chi connectivity index (χ0) is 11.3. The molecule has 3 nitrogen and oxygen atoms in total. The van der Waals surface area contributed by atoms with Crippen molar-refractivity contribution in [2.75, 3.05) is 11.9 Å². The average molecular weight is 231 g/mol. The van der Waals surface area contributed by atoms with Gasteiger partial charge in [0, 0.05) is 18.8 Å². The van der Waals surface area contributed by atoms with Crippen LogP contribution in [0, 0.1) is 5.92 Å². The standard InChI is InChI=1S/C10H12F3N3/c11-10(12,13)8-5-16-7(6-1-2-6)3-4-14-9(16)15-8/h5-7H,1-4H2,(H,14,15). The van der Waals surface area contributed by atoms with E-state index in [1.807, 2.05) is 0 Å². The van der Waals surface area contributed by atoms with E-state index in [1.54, 1.807) is 4.57 Å². The maximum atomic E-state index is 12.5. The van der Waals surface area contributed by atoms with Crippen molar-refractivity contribution in [2.24, 2.45) is 5.92 Å². The molecule has 1 aromatic rings. The molecule has 1 fully saturated rings. The van der Waals surface area contributed by atoms with Crippen molar-refractivity contribution in [3.05, 3.63) is 11.9 Å². The zero-order valence-corrected chi connectivity index (χ0v) is 8.59. The fourth-order valence-electron chi connectivity index (χ4n) is 2.33. The quantitative estimate of drug-likeness (QED) is 0.805. The van der Waals surface area contributed by atoms with Crippen molar-refractivity contribution < 1.29 is 13.2 Å². The number of rotatable bonds is 1. The van der Waals surface area contributed by atoms with Gasteiger partial charge in [-0.2, -0.15) is 13.2 Å². The molecule has 0 radical (unpaired) electrons. The summed E-state index contributed by atoms with van der Waals surface area (Å²) >= 11 is 0. The van der Waals surface area contributed by atoms with Gasteiger partial charge in [-0.3, -0.25) is 0 Å². The highest BCUT2D eigenvalue weighted by Crippen LogP contribution is 2.45. The van der Waals surface area contributed by atoms with Gasteiger partial charge in [-0.05, 0) is 25.2 Å². The van der Waals surface area contributed by atoms with Crippen LogP contribution in [0.2, 0.25) is 0 Å². The molecule has 0 aromatic carbocycles. The number of halogens is 3. The molecule has 1 saturated carbocycles. The molecule has 0 saturated heterocycles. The number of aromatic nitrogens is 2. The van der Waals surface area contributed by atoms with Crippen LogP contribution < -0.4 is 5.32 Å². The first kappa shape index (κ1) is 9.99. The number of hydrogen-bond donors (Lipinski definition) is 1. The van der Waals surface area contributed by atoms with E-state index in [1.165, 1.54) is 0 Å². The van der Waals surface area contributed by atoms with Gasteiger partial charge in [-0.15, -0.1) is 0 Å². The van der Waals surface area contributed by atoms with Crippen LogP contribution in [0.15, 0.2) is 6.20 Å². The predicted molar refractivity (Wildman–Crippen MR) is 52.1 cm³/mol. The van der Waals surface area contributed by atoms with E-state index in [2.05, 4.69) is 10.3 Å². The molecule has 88 valence electrons. The van der Waals surface area contributed by atoms with E-state index in [4.69, 9.17) is 0 Å². The maximum Gasteiger partial charge on any atom is 0.434 e. The molecule has 1 aliphatic heterocycles. The van der Waals surface area contributed by atoms with Crippen molar-refractivity contribution in [3.8, 4) is 0 Å². The molecule has 0 spiro atoms. The molecular formula is C10H12F3N3. The Labute approximate surface area is 90.7 Å². The second-order valence-corrected chi connectivity index (χ2v) is 4.48. The number of alkyl halides is 3. The third-order valence-electron chi connectivity index (χ3n) is 3.27. The van der Waals surface area contributed by atoms with Crippen LogP contribution in [0.1, 0.15) is 31.0 Å². The van der Waals surface area contributed by atoms with Crippen molar-refractivity contribution in [1.82, 2.24) is 9.55 Å². The minimum absolute atomic E-state index is 0.208. The first-order valence-corrected chi connectivity index (χ1v) is 5.45. The van der Waals surface area contributed by atoms with E-state index in [-0.39, 0.29) is 6.04 Å². The summed E-state index contributed by atoms with van der Waals surface area (Å²) in [5.41, 5.74) is -0.789. The first-order chi connectivity index (χ1) is 7.55. The molecule has 1 aromatic heterocycles. The van der Waals surface area contributed by atoms with E-state index in [0.29, 0.717) is 11.9 Å². The fraction of sp³-hybridized carbons (Fsp3) is 0.700. The summed E-state index contributed by atoms with van der Waals surface area (Å²) in [6, 6.07) is 0.208. The molecule has 2 aliphatic rings. The number of nitrogens with zero attached hydrogens (tertiary/aromatic N) is 2. The third-order valence-corrected chi connectivity index (χ3v) is 3.27. The van der Waals surface area contributed by atoms with E-state index in [9.17, 15) is 13.2 Å². The lowest BCUT2D eigenvalue weighted by Crippen LogP contribution is -2.23. The number of anilines is 1. The second kappa shape index (κ2) is 3.15. The fourth-order valence-corrected chi connectivity index (χ4v) is 2.33. The van der Waals surface area contributed by atoms with Crippen molar-refractivity contribution >= 4 is 5.95 Å². The van der Waals surface area contributed by atoms with Crippen molar-refractivity contribution in [1.29, 1.82) is 0 Å². The van der Waals surface area contributed by atoms with Gasteiger partial charge in [0.05, 0.1) is 0 Å². The maximum absolute atomic E-state index is 12.5. The van der Waals surface area contributed by atoms with Crippen LogP contribution in [0.3, 0.4) is 0 Å². The first-order valence-electron chi connectivity index (χ1n) is 5.45. The van der Waals surface area contributed by atoms with Gasteiger partial charge < -0.3 is 9.88 Å². The summed E-state index contributed by atoms with van der Waals surface area (Å²) in [5.74, 6) is 0.923. The zero-order valence-electron chi connectivity index (χ0n) is 8.59. The summed E-state index contributed by atoms with van der Waals surface area (Å²) in [6.07, 6.45) is -0.0524. The third kappa shape index (κ3) is 1.56. The Morgan fingerprint density at radius 1 is 1.31 bits per heavy atom. The van der Waals surface area contributed by atoms with Gasteiger partial charge in [-0.1, -0.05) is 0 Å². The van der Waals surface area contributed by atoms with E-state index in [0.717, 1.165) is 32.0 Å². The number of nitrogens with one attached hydrogen (secondary N) is 1. The SMILES string of the molecule is FC(F)(F)c1cn2c(n1)NCCC2C1CC1. The lowest BCUT2D eigenvalue weighted by molar-refractivity contribution is -0.140. The molecule has 6 heteroatoms. The smallest absolute Gasteiger partial charge is 0.356 e. The Kier molecular flexibility index (Phi) is 1.96. The molecule has 1 aliphatic carbocycles. The molecule has 1 N–H and O–H groups in total. The summed E-state index contributed by atoms with van der Waals surface area (Å²) < 4.78 is 39.2. The van der Waals surface area contributed by atoms with E-state index < -0.39 is 11.9 Å². The summed E-state index contributed by atoms with van der Waals surface area (Å²) in [6.45, 7) is 0.718. The van der Waals surface area contributed by atoms with Gasteiger partial charge in [0.1, 0.15) is 0 Å². The van der Waals surface area contributed by atoms with Crippen LogP contribution in [0.4, 0.5) is 19.1 Å². The van der Waals surface area contributed by atoms with Gasteiger partial charge in [0.25, 0.3) is 0 Å². The number of imidazole rings is 1. The second-order valence-electron chi connectivity index (χ2n) is 4.48. The minimum atomic E-state index is -4.35. The van der Waals surface area contributed by atoms with Crippen molar-refractivity contribution in [2.45, 2.75) is 31.5 Å². The highest BCUT2D eigenvalue weighted by Gasteiger charge is 2.39. The van der Waals surface area contributed by atoms with Gasteiger partial charge in [-0.25, -0.2) is 4.98 Å². The Morgan fingerprint density at radius 2 is 2.06 bits per heavy atom. The van der Waals surface area contributed by atoms with Gasteiger partial charge in [0.2, 0.25) is 5.95 Å². The van der Waals surface area contributed by atoms with Crippen LogP contribution in [0.5, 0.6) is 0 Å². The Bertz CT molecular complexity index is 406. The number of fused-ring (bicyclic) bond motifs is 1. The monoisotopic (exact) mass is 231 g/mol. The van der Waals surface area contributed by atoms with E-state index >= 15 is 0 Å². The molecule has 1 atom stereocenters. The Balaban J connectivity index is 1.97. The minimum Gasteiger partial charge on any atom is -0.356 e. The molecule has 0 amide bonds. The highest BCUT2D eigenvalue weighted by atomic mass is 19.4. The Morgan fingerprint density at radius 3 is 2.69 bits per heavy atom. The topological polar surface area (TPSA) is 29.9 Å². The molecule has 16 heavy (non-hydrogen) atoms. The summed E-state index contributed by atoms with van der Waals surface area (Å²) in [7, 11) is 0. The molecule has 2 heterocycles. The molecule has 0 bridgehead atoms. The van der Waals surface area contributed by atoms with Crippen LogP contribution in [-0.4, -0.2) is 16.1 Å². The summed E-state index contributed by atoms with van der Waals surface area (Å²) in [5, 5.41) is 2.92. The molecule has 3 rings (SSSR count). The largest absolute Gasteiger partial charge is 0.434 e. The van der Waals surface area contributed by atoms with Gasteiger partial charge in [0.15, 0.2) is 5.69 Å². The molecule has 1 unspecified atom stereocenters. The van der Waals surface area contributed by atoms with Crippen LogP contribution in [-0.2, 0) is 6.18 Å². The van der Waals surface area contributed by atoms with Crippen LogP contribution in [0.25, 0.3) is 0 Å². The summed E-state index contributed by atoms with van der Waals surface area (Å²) in [4.78, 5) is 3.61. The normalized spacial score (nSPS) is 25.1. The van der Waals surface area contributed by atoms with Crippen LogP contribution >= 0.6 is 0 Å². The lowest BCUT2D eigenvalue weighted by atomic mass is 10.1. The van der Waals surface area contributed by atoms with Gasteiger partial charge >= 0.3 is 6.18 Å². The lowest BCUT2D eigenvalue weighted by Gasteiger charge is -2.25. The number of hydrogen-bond acceptors (Lipinski definition) is 2. The van der Waals surface area contributed by atoms with Crippen molar-refractivity contribution in [3.63, 3.8) is 0 Å². The average Bonchev–Trinajstić information content (AvgIpc) is 2.93. The Hall–Kier alpha value is -1.20.